The Labute approximate surface area is 90.6 Å². The standard InChI is InChI=1S/C9H8F3NO.ClH/c10-6-2-4-1-5(13)3-14-9(4)8(12)7(6)11;/h2,5H,1,3,13H2;1H/t5-;/m1./s1. The van der Waals surface area contributed by atoms with Gasteiger partial charge >= 0.3 is 0 Å². The zero-order valence-corrected chi connectivity index (χ0v) is 8.41. The lowest BCUT2D eigenvalue weighted by atomic mass is 10.0. The predicted octanol–water partition coefficient (Wildman–Crippen LogP) is 1.79. The summed E-state index contributed by atoms with van der Waals surface area (Å²) in [7, 11) is 0. The molecule has 6 heteroatoms. The molecule has 0 fully saturated rings. The first-order valence-electron chi connectivity index (χ1n) is 4.14. The van der Waals surface area contributed by atoms with Crippen molar-refractivity contribution in [2.24, 2.45) is 5.73 Å². The maximum Gasteiger partial charge on any atom is 0.203 e. The van der Waals surface area contributed by atoms with Crippen molar-refractivity contribution < 1.29 is 17.9 Å². The average molecular weight is 240 g/mol. The molecule has 0 radical (unpaired) electrons. The summed E-state index contributed by atoms with van der Waals surface area (Å²) < 4.78 is 43.5. The van der Waals surface area contributed by atoms with Gasteiger partial charge < -0.3 is 10.5 Å². The molecule has 84 valence electrons. The minimum absolute atomic E-state index is 0. The third-order valence-corrected chi connectivity index (χ3v) is 2.12. The second-order valence-corrected chi connectivity index (χ2v) is 3.25. The molecule has 0 aliphatic carbocycles. The molecule has 1 atom stereocenters. The molecule has 0 spiro atoms. The molecule has 0 saturated carbocycles. The first kappa shape index (κ1) is 12.1. The van der Waals surface area contributed by atoms with E-state index in [-0.39, 0.29) is 36.4 Å². The molecule has 0 bridgehead atoms. The van der Waals surface area contributed by atoms with Crippen LogP contribution in [0.5, 0.6) is 5.75 Å². The normalized spacial score (nSPS) is 18.8. The van der Waals surface area contributed by atoms with Crippen LogP contribution in [-0.4, -0.2) is 12.6 Å². The van der Waals surface area contributed by atoms with Crippen LogP contribution in [0.15, 0.2) is 6.07 Å². The summed E-state index contributed by atoms with van der Waals surface area (Å²) in [5.74, 6) is -4.20. The van der Waals surface area contributed by atoms with Gasteiger partial charge in [-0.3, -0.25) is 0 Å². The van der Waals surface area contributed by atoms with E-state index in [1.54, 1.807) is 0 Å². The van der Waals surface area contributed by atoms with Crippen LogP contribution in [0.1, 0.15) is 5.56 Å². The molecule has 15 heavy (non-hydrogen) atoms. The van der Waals surface area contributed by atoms with Gasteiger partial charge in [-0.05, 0) is 12.5 Å². The zero-order chi connectivity index (χ0) is 10.3. The van der Waals surface area contributed by atoms with E-state index in [0.29, 0.717) is 6.42 Å². The Kier molecular flexibility index (Phi) is 3.46. The number of halogens is 4. The summed E-state index contributed by atoms with van der Waals surface area (Å²) in [5, 5.41) is 0. The van der Waals surface area contributed by atoms with Crippen LogP contribution < -0.4 is 10.5 Å². The lowest BCUT2D eigenvalue weighted by molar-refractivity contribution is 0.243. The second-order valence-electron chi connectivity index (χ2n) is 3.25. The molecule has 0 amide bonds. The molecule has 1 aromatic rings. The summed E-state index contributed by atoms with van der Waals surface area (Å²) in [6, 6.07) is 0.624. The predicted molar refractivity (Wildman–Crippen MR) is 50.7 cm³/mol. The van der Waals surface area contributed by atoms with Crippen LogP contribution in [0.25, 0.3) is 0 Å². The molecular weight excluding hydrogens is 231 g/mol. The molecule has 2 nitrogen and oxygen atoms in total. The Morgan fingerprint density at radius 1 is 1.27 bits per heavy atom. The Morgan fingerprint density at radius 2 is 1.93 bits per heavy atom. The van der Waals surface area contributed by atoms with Gasteiger partial charge in [0.2, 0.25) is 5.82 Å². The molecule has 0 saturated heterocycles. The van der Waals surface area contributed by atoms with Crippen molar-refractivity contribution in [1.29, 1.82) is 0 Å². The lowest BCUT2D eigenvalue weighted by Crippen LogP contribution is -2.34. The van der Waals surface area contributed by atoms with E-state index < -0.39 is 17.5 Å². The van der Waals surface area contributed by atoms with Crippen LogP contribution in [0.2, 0.25) is 0 Å². The van der Waals surface area contributed by atoms with E-state index >= 15 is 0 Å². The van der Waals surface area contributed by atoms with Gasteiger partial charge in [0.1, 0.15) is 6.61 Å². The Hall–Kier alpha value is -0.940. The highest BCUT2D eigenvalue weighted by molar-refractivity contribution is 5.85. The first-order valence-corrected chi connectivity index (χ1v) is 4.14. The Bertz CT molecular complexity index is 386. The van der Waals surface area contributed by atoms with E-state index in [1.165, 1.54) is 0 Å². The largest absolute Gasteiger partial charge is 0.488 e. The summed E-state index contributed by atoms with van der Waals surface area (Å²) in [6.45, 7) is 0.120. The van der Waals surface area contributed by atoms with Gasteiger partial charge in [0.15, 0.2) is 17.4 Å². The van der Waals surface area contributed by atoms with E-state index in [2.05, 4.69) is 0 Å². The number of hydrogen-bond donors (Lipinski definition) is 1. The SMILES string of the molecule is Cl.N[C@H]1COc2c(cc(F)c(F)c2F)C1. The minimum Gasteiger partial charge on any atom is -0.488 e. The lowest BCUT2D eigenvalue weighted by Gasteiger charge is -2.22. The highest BCUT2D eigenvalue weighted by Crippen LogP contribution is 2.30. The van der Waals surface area contributed by atoms with Crippen molar-refractivity contribution >= 4 is 12.4 Å². The van der Waals surface area contributed by atoms with Crippen molar-refractivity contribution in [2.75, 3.05) is 6.61 Å². The maximum atomic E-state index is 13.1. The van der Waals surface area contributed by atoms with E-state index in [1.807, 2.05) is 0 Å². The number of fused-ring (bicyclic) bond motifs is 1. The summed E-state index contributed by atoms with van der Waals surface area (Å²) in [4.78, 5) is 0. The van der Waals surface area contributed by atoms with Crippen LogP contribution in [0.3, 0.4) is 0 Å². The van der Waals surface area contributed by atoms with Crippen LogP contribution in [0, 0.1) is 17.5 Å². The van der Waals surface area contributed by atoms with Gasteiger partial charge in [-0.2, -0.15) is 4.39 Å². The molecule has 1 aliphatic heterocycles. The number of rotatable bonds is 0. The molecule has 0 aromatic heterocycles. The molecule has 2 rings (SSSR count). The molecule has 1 aromatic carbocycles. The van der Waals surface area contributed by atoms with Crippen LogP contribution in [0.4, 0.5) is 13.2 Å². The summed E-state index contributed by atoms with van der Waals surface area (Å²) >= 11 is 0. The Morgan fingerprint density at radius 3 is 2.60 bits per heavy atom. The monoisotopic (exact) mass is 239 g/mol. The molecule has 1 heterocycles. The van der Waals surface area contributed by atoms with Gasteiger partial charge in [0.05, 0.1) is 0 Å². The zero-order valence-electron chi connectivity index (χ0n) is 7.60. The maximum absolute atomic E-state index is 13.1. The topological polar surface area (TPSA) is 35.2 Å². The first-order chi connectivity index (χ1) is 6.59. The molecule has 2 N–H and O–H groups in total. The van der Waals surface area contributed by atoms with Gasteiger partial charge in [-0.25, -0.2) is 8.78 Å². The van der Waals surface area contributed by atoms with Gasteiger partial charge in [-0.15, -0.1) is 12.4 Å². The van der Waals surface area contributed by atoms with Crippen LogP contribution in [-0.2, 0) is 6.42 Å². The Balaban J connectivity index is 0.00000112. The fourth-order valence-corrected chi connectivity index (χ4v) is 1.47. The number of benzene rings is 1. The average Bonchev–Trinajstić information content (AvgIpc) is 2.14. The third-order valence-electron chi connectivity index (χ3n) is 2.12. The van der Waals surface area contributed by atoms with Gasteiger partial charge in [0, 0.05) is 11.6 Å². The highest BCUT2D eigenvalue weighted by Gasteiger charge is 2.25. The van der Waals surface area contributed by atoms with Crippen molar-refractivity contribution in [3.8, 4) is 5.75 Å². The summed E-state index contributed by atoms with van der Waals surface area (Å²) in [5.41, 5.74) is 5.80. The van der Waals surface area contributed by atoms with E-state index in [0.717, 1.165) is 6.07 Å². The smallest absolute Gasteiger partial charge is 0.203 e. The van der Waals surface area contributed by atoms with E-state index in [9.17, 15) is 13.2 Å². The van der Waals surface area contributed by atoms with Crippen molar-refractivity contribution in [3.05, 3.63) is 29.1 Å². The van der Waals surface area contributed by atoms with E-state index in [4.69, 9.17) is 10.5 Å². The van der Waals surface area contributed by atoms with Gasteiger partial charge in [-0.1, -0.05) is 0 Å². The highest BCUT2D eigenvalue weighted by atomic mass is 35.5. The molecular formula is C9H9ClF3NO. The molecule has 1 aliphatic rings. The summed E-state index contributed by atoms with van der Waals surface area (Å²) in [6.07, 6.45) is 0.295. The van der Waals surface area contributed by atoms with Gasteiger partial charge in [0.25, 0.3) is 0 Å². The van der Waals surface area contributed by atoms with Crippen molar-refractivity contribution in [1.82, 2.24) is 0 Å². The number of hydrogen-bond acceptors (Lipinski definition) is 2. The van der Waals surface area contributed by atoms with Crippen molar-refractivity contribution in [3.63, 3.8) is 0 Å². The number of ether oxygens (including phenoxy) is 1. The third kappa shape index (κ3) is 2.03. The minimum atomic E-state index is -1.50. The number of nitrogens with two attached hydrogens (primary N) is 1. The quantitative estimate of drug-likeness (QED) is 0.701. The second kappa shape index (κ2) is 4.28. The fraction of sp³-hybridized carbons (Fsp3) is 0.333. The van der Waals surface area contributed by atoms with Crippen molar-refractivity contribution in [2.45, 2.75) is 12.5 Å². The van der Waals surface area contributed by atoms with Crippen LogP contribution >= 0.6 is 12.4 Å². The molecule has 0 unspecified atom stereocenters. The fourth-order valence-electron chi connectivity index (χ4n) is 1.47.